The van der Waals surface area contributed by atoms with Crippen LogP contribution in [-0.4, -0.2) is 91.1 Å². The Hall–Kier alpha value is -1.32. The summed E-state index contributed by atoms with van der Waals surface area (Å²) in [5, 5.41) is 92.4. The van der Waals surface area contributed by atoms with Gasteiger partial charge in [-0.05, 0) is 0 Å². The van der Waals surface area contributed by atoms with Crippen molar-refractivity contribution in [2.75, 3.05) is 6.61 Å². The standard InChI is InChI=1S/C6H8O7.C6H12O7.2Cu/c7-3(8)1-6(13,5(11)12)2-4(9)10;7-1-2(8)3(9)4(10)5(11)6(12)13;;/h13H,1-2H2,(H,7,8)(H,9,10)(H,11,12);2-5,7-11H,1H2,(H,12,13);;/q;;2*+2/p-4/t;2-,3-,4+,5-;;/m.1../s1. The molecule has 0 aliphatic heterocycles. The predicted octanol–water partition coefficient (Wildman–Crippen LogP) is -10.1. The Bertz CT molecular complexity index is 497. The van der Waals surface area contributed by atoms with E-state index in [9.17, 15) is 39.6 Å². The minimum absolute atomic E-state index is 0. The third-order valence-corrected chi connectivity index (χ3v) is 2.75. The largest absolute Gasteiger partial charge is 2.00 e. The number of carboxylic acids is 4. The Labute approximate surface area is 178 Å². The van der Waals surface area contributed by atoms with Crippen LogP contribution in [0.3, 0.4) is 0 Å². The van der Waals surface area contributed by atoms with Gasteiger partial charge in [-0.25, -0.2) is 0 Å². The number of hydrogen-bond donors (Lipinski definition) is 6. The van der Waals surface area contributed by atoms with Crippen LogP contribution in [0.25, 0.3) is 0 Å². The van der Waals surface area contributed by atoms with E-state index < -0.39 is 73.3 Å². The molecule has 0 fully saturated rings. The maximum absolute atomic E-state index is 10.1. The van der Waals surface area contributed by atoms with E-state index in [2.05, 4.69) is 0 Å². The molecule has 0 bridgehead atoms. The summed E-state index contributed by atoms with van der Waals surface area (Å²) in [6, 6.07) is 0. The fourth-order valence-electron chi connectivity index (χ4n) is 1.35. The summed E-state index contributed by atoms with van der Waals surface area (Å²) in [5.74, 6) is -7.96. The normalized spacial score (nSPS) is 14.5. The van der Waals surface area contributed by atoms with Gasteiger partial charge in [0.15, 0.2) is 0 Å². The van der Waals surface area contributed by atoms with Crippen molar-refractivity contribution in [2.24, 2.45) is 0 Å². The second-order valence-corrected chi connectivity index (χ2v) is 4.91. The van der Waals surface area contributed by atoms with Crippen LogP contribution in [0.5, 0.6) is 0 Å². The molecule has 170 valence electrons. The van der Waals surface area contributed by atoms with Crippen molar-refractivity contribution in [2.45, 2.75) is 42.9 Å². The molecule has 0 aromatic heterocycles. The van der Waals surface area contributed by atoms with Crippen LogP contribution in [0.2, 0.25) is 0 Å². The second kappa shape index (κ2) is 15.6. The third-order valence-electron chi connectivity index (χ3n) is 2.75. The first-order chi connectivity index (χ1) is 11.7. The van der Waals surface area contributed by atoms with Gasteiger partial charge in [0.1, 0.15) is 30.0 Å². The average molecular weight is 511 g/mol. The first-order valence-corrected chi connectivity index (χ1v) is 6.57. The van der Waals surface area contributed by atoms with Gasteiger partial charge in [0.2, 0.25) is 0 Å². The number of carbonyl (C=O) groups excluding carboxylic acids is 4. The molecule has 2 radical (unpaired) electrons. The number of hydrogen-bond acceptors (Lipinski definition) is 14. The molecule has 0 saturated heterocycles. The topological polar surface area (TPSA) is 282 Å². The van der Waals surface area contributed by atoms with Crippen molar-refractivity contribution in [1.29, 1.82) is 0 Å². The summed E-state index contributed by atoms with van der Waals surface area (Å²) in [6.45, 7) is -0.863. The van der Waals surface area contributed by atoms with Gasteiger partial charge in [0.05, 0.1) is 18.5 Å². The summed E-state index contributed by atoms with van der Waals surface area (Å²) in [6.07, 6.45) is -10.8. The molecule has 0 aromatic rings. The van der Waals surface area contributed by atoms with Crippen molar-refractivity contribution in [3.63, 3.8) is 0 Å². The first-order valence-electron chi connectivity index (χ1n) is 6.57. The van der Waals surface area contributed by atoms with Gasteiger partial charge in [-0.1, -0.05) is 0 Å². The van der Waals surface area contributed by atoms with Crippen LogP contribution in [0, 0.1) is 0 Å². The summed E-state index contributed by atoms with van der Waals surface area (Å²) >= 11 is 0. The van der Waals surface area contributed by atoms with Crippen LogP contribution >= 0.6 is 0 Å². The minimum atomic E-state index is -2.97. The van der Waals surface area contributed by atoms with E-state index in [4.69, 9.17) is 30.6 Å². The van der Waals surface area contributed by atoms with Crippen molar-refractivity contribution in [1.82, 2.24) is 0 Å². The Morgan fingerprint density at radius 3 is 1.36 bits per heavy atom. The molecule has 14 nitrogen and oxygen atoms in total. The molecule has 6 N–H and O–H groups in total. The first kappa shape index (κ1) is 34.2. The number of carboxylic acid groups (broad SMARTS) is 4. The Morgan fingerprint density at radius 2 is 1.14 bits per heavy atom. The van der Waals surface area contributed by atoms with Crippen LogP contribution in [-0.2, 0) is 53.3 Å². The van der Waals surface area contributed by atoms with Gasteiger partial charge in [-0.3, -0.25) is 0 Å². The summed E-state index contributed by atoms with van der Waals surface area (Å²) < 4.78 is 0. The maximum Gasteiger partial charge on any atom is 2.00 e. The Morgan fingerprint density at radius 1 is 0.786 bits per heavy atom. The summed E-state index contributed by atoms with van der Waals surface area (Å²) in [4.78, 5) is 40.0. The molecule has 0 saturated carbocycles. The minimum Gasteiger partial charge on any atom is -0.550 e. The molecule has 0 unspecified atom stereocenters. The molecular weight excluding hydrogens is 495 g/mol. The van der Waals surface area contributed by atoms with Crippen molar-refractivity contribution < 1.29 is 104 Å². The molecule has 0 spiro atoms. The fraction of sp³-hybridized carbons (Fsp3) is 0.667. The third kappa shape index (κ3) is 13.0. The molecule has 0 rings (SSSR count). The monoisotopic (exact) mass is 510 g/mol. The second-order valence-electron chi connectivity index (χ2n) is 4.91. The fourth-order valence-corrected chi connectivity index (χ4v) is 1.35. The van der Waals surface area contributed by atoms with E-state index in [1.807, 2.05) is 0 Å². The number of aliphatic hydroxyl groups excluding tert-OH is 5. The van der Waals surface area contributed by atoms with E-state index in [0.29, 0.717) is 0 Å². The average Bonchev–Trinajstić information content (AvgIpc) is 2.50. The Kier molecular flexibility index (Phi) is 19.0. The molecule has 0 amide bonds. The van der Waals surface area contributed by atoms with Gasteiger partial charge in [-0.2, -0.15) is 0 Å². The number of aliphatic carboxylic acids is 4. The van der Waals surface area contributed by atoms with E-state index in [1.165, 1.54) is 0 Å². The van der Waals surface area contributed by atoms with Crippen molar-refractivity contribution >= 4 is 23.9 Å². The molecule has 16 heteroatoms. The SMILES string of the molecule is O=C([O-])CC(O)(CC(=O)[O-])C(=O)[O-].O=C([O-])[C@H](O)[C@@H](O)[C@H](O)[C@H](O)CO.[Cu+2].[Cu+2]. The quantitative estimate of drug-likeness (QED) is 0.149. The molecule has 28 heavy (non-hydrogen) atoms. The van der Waals surface area contributed by atoms with Gasteiger partial charge in [0, 0.05) is 24.8 Å². The molecule has 0 aliphatic rings. The molecular formula is C12H16Cu2O14. The number of aliphatic hydroxyl groups is 6. The summed E-state index contributed by atoms with van der Waals surface area (Å²) in [7, 11) is 0. The zero-order valence-corrected chi connectivity index (χ0v) is 15.4. The van der Waals surface area contributed by atoms with E-state index in [1.54, 1.807) is 0 Å². The molecule has 0 heterocycles. The van der Waals surface area contributed by atoms with Crippen molar-refractivity contribution in [3.05, 3.63) is 0 Å². The van der Waals surface area contributed by atoms with Gasteiger partial charge >= 0.3 is 34.1 Å². The molecule has 0 aromatic carbocycles. The zero-order chi connectivity index (χ0) is 21.2. The van der Waals surface area contributed by atoms with Crippen LogP contribution in [0.1, 0.15) is 12.8 Å². The smallest absolute Gasteiger partial charge is 0.550 e. The van der Waals surface area contributed by atoms with Crippen LogP contribution < -0.4 is 20.4 Å². The van der Waals surface area contributed by atoms with E-state index in [-0.39, 0.29) is 34.1 Å². The van der Waals surface area contributed by atoms with Gasteiger partial charge in [-0.15, -0.1) is 0 Å². The van der Waals surface area contributed by atoms with E-state index >= 15 is 0 Å². The molecule has 0 aliphatic carbocycles. The van der Waals surface area contributed by atoms with Crippen LogP contribution in [0.4, 0.5) is 0 Å². The number of carbonyl (C=O) groups is 4. The van der Waals surface area contributed by atoms with Gasteiger partial charge in [0.25, 0.3) is 0 Å². The van der Waals surface area contributed by atoms with Crippen molar-refractivity contribution in [3.8, 4) is 0 Å². The Balaban J connectivity index is -0.000000192. The maximum atomic E-state index is 10.1. The molecule has 4 atom stereocenters. The van der Waals surface area contributed by atoms with E-state index in [0.717, 1.165) is 0 Å². The van der Waals surface area contributed by atoms with Gasteiger partial charge < -0.3 is 70.2 Å². The van der Waals surface area contributed by atoms with Crippen LogP contribution in [0.15, 0.2) is 0 Å². The predicted molar refractivity (Wildman–Crippen MR) is 65.3 cm³/mol. The number of rotatable bonds is 10. The summed E-state index contributed by atoms with van der Waals surface area (Å²) in [5.41, 5.74) is -2.97. The zero-order valence-electron chi connectivity index (χ0n) is 13.5.